The van der Waals surface area contributed by atoms with Gasteiger partial charge in [-0.05, 0) is 38.8 Å². The second-order valence-electron chi connectivity index (χ2n) is 3.91. The summed E-state index contributed by atoms with van der Waals surface area (Å²) in [6.07, 6.45) is 6.83. The topological polar surface area (TPSA) is 3.24 Å². The number of hydrogen-bond donors (Lipinski definition) is 0. The third-order valence-corrected chi connectivity index (χ3v) is 3.81. The Bertz CT molecular complexity index is 148. The number of alkyl halides is 1. The average Bonchev–Trinajstić information content (AvgIpc) is 2.48. The van der Waals surface area contributed by atoms with Crippen molar-refractivity contribution >= 4 is 11.6 Å². The number of fused-ring (bicyclic) bond motifs is 1. The van der Waals surface area contributed by atoms with Gasteiger partial charge < -0.3 is 0 Å². The zero-order chi connectivity index (χ0) is 7.73. The van der Waals surface area contributed by atoms with Crippen molar-refractivity contribution in [1.82, 2.24) is 4.90 Å². The van der Waals surface area contributed by atoms with Crippen molar-refractivity contribution in [2.24, 2.45) is 0 Å². The highest BCUT2D eigenvalue weighted by Gasteiger charge is 2.41. The van der Waals surface area contributed by atoms with Gasteiger partial charge in [0.2, 0.25) is 0 Å². The summed E-state index contributed by atoms with van der Waals surface area (Å²) < 4.78 is 0. The Morgan fingerprint density at radius 3 is 2.55 bits per heavy atom. The van der Waals surface area contributed by atoms with Gasteiger partial charge in [0.05, 0.1) is 0 Å². The van der Waals surface area contributed by atoms with Gasteiger partial charge in [-0.15, -0.1) is 11.6 Å². The van der Waals surface area contributed by atoms with Gasteiger partial charge in [0.1, 0.15) is 0 Å². The van der Waals surface area contributed by atoms with Crippen LogP contribution in [0.25, 0.3) is 0 Å². The first-order valence-corrected chi connectivity index (χ1v) is 5.22. The van der Waals surface area contributed by atoms with Gasteiger partial charge in [0.15, 0.2) is 0 Å². The van der Waals surface area contributed by atoms with Crippen LogP contribution >= 0.6 is 11.6 Å². The van der Waals surface area contributed by atoms with Crippen molar-refractivity contribution in [2.75, 3.05) is 19.0 Å². The predicted octanol–water partition coefficient (Wildman–Crippen LogP) is 2.24. The van der Waals surface area contributed by atoms with E-state index in [-0.39, 0.29) is 0 Å². The summed E-state index contributed by atoms with van der Waals surface area (Å²) in [5, 5.41) is 0. The molecule has 64 valence electrons. The third-order valence-electron chi connectivity index (χ3n) is 3.31. The molecule has 0 bridgehead atoms. The Kier molecular flexibility index (Phi) is 2.11. The van der Waals surface area contributed by atoms with E-state index in [1.807, 2.05) is 0 Å². The number of hydrogen-bond acceptors (Lipinski definition) is 1. The predicted molar refractivity (Wildman–Crippen MR) is 48.1 cm³/mol. The number of rotatable bonds is 1. The smallest absolute Gasteiger partial charge is 0.0408 e. The van der Waals surface area contributed by atoms with Crippen LogP contribution in [0.15, 0.2) is 0 Å². The highest BCUT2D eigenvalue weighted by molar-refractivity contribution is 6.18. The van der Waals surface area contributed by atoms with Crippen LogP contribution in [0.2, 0.25) is 0 Å². The van der Waals surface area contributed by atoms with Crippen LogP contribution in [0.4, 0.5) is 0 Å². The molecule has 0 aliphatic carbocycles. The molecule has 0 aromatic carbocycles. The third kappa shape index (κ3) is 1.19. The number of nitrogens with zero attached hydrogens (tertiary/aromatic N) is 1. The molecule has 2 aliphatic heterocycles. The van der Waals surface area contributed by atoms with E-state index >= 15 is 0 Å². The molecule has 0 aromatic heterocycles. The highest BCUT2D eigenvalue weighted by Crippen LogP contribution is 2.38. The standard InChI is InChI=1S/C9H16ClN/c10-8-9-4-1-2-6-11(9)7-3-5-9/h1-8H2. The fraction of sp³-hybridized carbons (Fsp3) is 1.00. The fourth-order valence-corrected chi connectivity index (χ4v) is 3.04. The lowest BCUT2D eigenvalue weighted by atomic mass is 9.88. The number of piperidine rings is 1. The maximum Gasteiger partial charge on any atom is 0.0408 e. The molecule has 0 saturated carbocycles. The lowest BCUT2D eigenvalue weighted by molar-refractivity contribution is 0.111. The van der Waals surface area contributed by atoms with Crippen LogP contribution in [0, 0.1) is 0 Å². The molecule has 2 aliphatic rings. The number of halogens is 1. The maximum absolute atomic E-state index is 6.03. The molecule has 11 heavy (non-hydrogen) atoms. The Hall–Kier alpha value is 0.250. The van der Waals surface area contributed by atoms with Gasteiger partial charge in [-0.25, -0.2) is 0 Å². The summed E-state index contributed by atoms with van der Waals surface area (Å²) in [5.74, 6) is 0.854. The molecule has 1 atom stereocenters. The molecule has 2 heterocycles. The Morgan fingerprint density at radius 2 is 1.82 bits per heavy atom. The van der Waals surface area contributed by atoms with E-state index in [9.17, 15) is 0 Å². The molecule has 0 amide bonds. The maximum atomic E-state index is 6.03. The minimum atomic E-state index is 0.430. The van der Waals surface area contributed by atoms with Crippen molar-refractivity contribution < 1.29 is 0 Å². The van der Waals surface area contributed by atoms with Crippen molar-refractivity contribution in [3.8, 4) is 0 Å². The summed E-state index contributed by atoms with van der Waals surface area (Å²) in [7, 11) is 0. The molecule has 0 radical (unpaired) electrons. The van der Waals surface area contributed by atoms with E-state index in [0.717, 1.165) is 5.88 Å². The highest BCUT2D eigenvalue weighted by atomic mass is 35.5. The summed E-state index contributed by atoms with van der Waals surface area (Å²) in [5.41, 5.74) is 0.430. The van der Waals surface area contributed by atoms with E-state index in [4.69, 9.17) is 11.6 Å². The van der Waals surface area contributed by atoms with E-state index < -0.39 is 0 Å². The quantitative estimate of drug-likeness (QED) is 0.550. The van der Waals surface area contributed by atoms with Crippen molar-refractivity contribution in [1.29, 1.82) is 0 Å². The molecule has 1 unspecified atom stereocenters. The Morgan fingerprint density at radius 1 is 1.09 bits per heavy atom. The molecule has 0 aromatic rings. The SMILES string of the molecule is ClCC12CCCCN1CCC2. The van der Waals surface area contributed by atoms with Crippen LogP contribution < -0.4 is 0 Å². The monoisotopic (exact) mass is 173 g/mol. The van der Waals surface area contributed by atoms with Gasteiger partial charge in [-0.2, -0.15) is 0 Å². The molecule has 0 N–H and O–H groups in total. The summed E-state index contributed by atoms with van der Waals surface area (Å²) in [6, 6.07) is 0. The minimum Gasteiger partial charge on any atom is -0.296 e. The lowest BCUT2D eigenvalue weighted by Crippen LogP contribution is -2.48. The van der Waals surface area contributed by atoms with Crippen molar-refractivity contribution in [3.05, 3.63) is 0 Å². The van der Waals surface area contributed by atoms with Gasteiger partial charge in [-0.1, -0.05) is 6.42 Å². The van der Waals surface area contributed by atoms with E-state index in [1.165, 1.54) is 45.2 Å². The van der Waals surface area contributed by atoms with Crippen LogP contribution in [0.1, 0.15) is 32.1 Å². The largest absolute Gasteiger partial charge is 0.296 e. The molecular formula is C9H16ClN. The molecular weight excluding hydrogens is 158 g/mol. The second-order valence-corrected chi connectivity index (χ2v) is 4.17. The van der Waals surface area contributed by atoms with Crippen LogP contribution in [-0.4, -0.2) is 29.4 Å². The Labute approximate surface area is 73.7 Å². The minimum absolute atomic E-state index is 0.430. The summed E-state index contributed by atoms with van der Waals surface area (Å²) in [6.45, 7) is 2.60. The first-order valence-electron chi connectivity index (χ1n) is 4.68. The van der Waals surface area contributed by atoms with Crippen molar-refractivity contribution in [3.63, 3.8) is 0 Å². The van der Waals surface area contributed by atoms with Crippen LogP contribution in [0.5, 0.6) is 0 Å². The normalized spacial score (nSPS) is 39.0. The summed E-state index contributed by atoms with van der Waals surface area (Å²) in [4.78, 5) is 2.61. The first-order chi connectivity index (χ1) is 5.37. The first kappa shape index (κ1) is 7.88. The van der Waals surface area contributed by atoms with Crippen molar-refractivity contribution in [2.45, 2.75) is 37.6 Å². The van der Waals surface area contributed by atoms with Gasteiger partial charge >= 0.3 is 0 Å². The Balaban J connectivity index is 2.12. The molecule has 2 fully saturated rings. The fourth-order valence-electron chi connectivity index (χ4n) is 2.60. The average molecular weight is 174 g/mol. The second kappa shape index (κ2) is 2.95. The molecule has 2 heteroatoms. The lowest BCUT2D eigenvalue weighted by Gasteiger charge is -2.41. The molecule has 1 nitrogen and oxygen atoms in total. The van der Waals surface area contributed by atoms with E-state index in [1.54, 1.807) is 0 Å². The zero-order valence-electron chi connectivity index (χ0n) is 6.98. The van der Waals surface area contributed by atoms with Crippen LogP contribution in [0.3, 0.4) is 0 Å². The zero-order valence-corrected chi connectivity index (χ0v) is 7.74. The van der Waals surface area contributed by atoms with E-state index in [2.05, 4.69) is 4.90 Å². The van der Waals surface area contributed by atoms with Gasteiger partial charge in [0, 0.05) is 11.4 Å². The van der Waals surface area contributed by atoms with Gasteiger partial charge in [-0.3, -0.25) is 4.90 Å². The molecule has 2 rings (SSSR count). The molecule has 2 saturated heterocycles. The van der Waals surface area contributed by atoms with E-state index in [0.29, 0.717) is 5.54 Å². The van der Waals surface area contributed by atoms with Crippen LogP contribution in [-0.2, 0) is 0 Å². The molecule has 0 spiro atoms. The summed E-state index contributed by atoms with van der Waals surface area (Å²) >= 11 is 6.03. The van der Waals surface area contributed by atoms with Gasteiger partial charge in [0.25, 0.3) is 0 Å².